The molecule has 1 aliphatic heterocycles. The van der Waals surface area contributed by atoms with E-state index in [1.54, 1.807) is 24.4 Å². The molecule has 0 fully saturated rings. The molecular weight excluding hydrogens is 320 g/mol. The Kier molecular flexibility index (Phi) is 3.97. The Morgan fingerprint density at radius 2 is 2.09 bits per heavy atom. The van der Waals surface area contributed by atoms with Crippen LogP contribution in [0.25, 0.3) is 0 Å². The van der Waals surface area contributed by atoms with E-state index in [4.69, 9.17) is 11.6 Å². The van der Waals surface area contributed by atoms with Gasteiger partial charge >= 0.3 is 0 Å². The van der Waals surface area contributed by atoms with Gasteiger partial charge in [-0.3, -0.25) is 9.88 Å². The Morgan fingerprint density at radius 1 is 1.32 bits per heavy atom. The first-order chi connectivity index (χ1) is 10.4. The maximum atomic E-state index is 12.3. The molecule has 2 heterocycles. The molecule has 0 amide bonds. The molecule has 1 unspecified atom stereocenters. The molecule has 6 heteroatoms. The number of benzene rings is 1. The molecule has 0 N–H and O–H groups in total. The lowest BCUT2D eigenvalue weighted by Gasteiger charge is -2.24. The highest BCUT2D eigenvalue weighted by Gasteiger charge is 2.36. The van der Waals surface area contributed by atoms with Gasteiger partial charge in [-0.25, -0.2) is 8.42 Å². The van der Waals surface area contributed by atoms with E-state index < -0.39 is 9.84 Å². The molecule has 0 saturated heterocycles. The molecule has 1 atom stereocenters. The lowest BCUT2D eigenvalue weighted by atomic mass is 10.1. The van der Waals surface area contributed by atoms with Crippen LogP contribution in [0.15, 0.2) is 41.6 Å². The first-order valence-corrected chi connectivity index (χ1v) is 9.03. The lowest BCUT2D eigenvalue weighted by molar-refractivity contribution is 0.256. The molecule has 116 valence electrons. The summed E-state index contributed by atoms with van der Waals surface area (Å²) in [5.74, 6) is 0.0957. The van der Waals surface area contributed by atoms with Gasteiger partial charge in [-0.05, 0) is 48.9 Å². The molecular formula is C16H17ClN2O2S. The van der Waals surface area contributed by atoms with Crippen LogP contribution in [0, 0.1) is 6.92 Å². The van der Waals surface area contributed by atoms with Crippen molar-refractivity contribution in [1.82, 2.24) is 9.88 Å². The summed E-state index contributed by atoms with van der Waals surface area (Å²) in [5.41, 5.74) is 2.94. The molecule has 0 saturated carbocycles. The summed E-state index contributed by atoms with van der Waals surface area (Å²) < 4.78 is 24.6. The number of rotatable bonds is 3. The number of nitrogens with zero attached hydrogens (tertiary/aromatic N) is 2. The minimum Gasteiger partial charge on any atom is -0.294 e. The van der Waals surface area contributed by atoms with Crippen molar-refractivity contribution in [3.8, 4) is 0 Å². The standard InChI is InChI=1S/C16H17ClN2O2S/c1-11-5-12(8-18-7-11)9-19(2)15-10-22(20,21)16-4-3-13(17)6-14(15)16/h3-8,15H,9-10H2,1-2H3. The second-order valence-electron chi connectivity index (χ2n) is 5.77. The molecule has 1 aliphatic rings. The molecule has 2 aromatic rings. The van der Waals surface area contributed by atoms with Gasteiger partial charge < -0.3 is 0 Å². The van der Waals surface area contributed by atoms with Gasteiger partial charge in [0, 0.05) is 24.0 Å². The summed E-state index contributed by atoms with van der Waals surface area (Å²) in [4.78, 5) is 6.62. The number of hydrogen-bond acceptors (Lipinski definition) is 4. The van der Waals surface area contributed by atoms with Crippen LogP contribution in [0.4, 0.5) is 0 Å². The van der Waals surface area contributed by atoms with Crippen LogP contribution >= 0.6 is 11.6 Å². The Labute approximate surface area is 135 Å². The van der Waals surface area contributed by atoms with Crippen molar-refractivity contribution < 1.29 is 8.42 Å². The van der Waals surface area contributed by atoms with E-state index in [2.05, 4.69) is 11.1 Å². The second-order valence-corrected chi connectivity index (χ2v) is 8.20. The number of aromatic nitrogens is 1. The fourth-order valence-corrected chi connectivity index (χ4v) is 4.96. The van der Waals surface area contributed by atoms with Crippen molar-refractivity contribution >= 4 is 21.4 Å². The number of hydrogen-bond donors (Lipinski definition) is 0. The van der Waals surface area contributed by atoms with Crippen LogP contribution in [0.5, 0.6) is 0 Å². The third kappa shape index (κ3) is 2.89. The average molecular weight is 337 g/mol. The smallest absolute Gasteiger partial charge is 0.180 e. The Morgan fingerprint density at radius 3 is 2.82 bits per heavy atom. The molecule has 4 nitrogen and oxygen atoms in total. The predicted octanol–water partition coefficient (Wildman–Crippen LogP) is 3.00. The maximum Gasteiger partial charge on any atom is 0.180 e. The maximum absolute atomic E-state index is 12.3. The number of halogens is 1. The van der Waals surface area contributed by atoms with Crippen LogP contribution < -0.4 is 0 Å². The quantitative estimate of drug-likeness (QED) is 0.864. The summed E-state index contributed by atoms with van der Waals surface area (Å²) in [6, 6.07) is 6.88. The largest absolute Gasteiger partial charge is 0.294 e. The van der Waals surface area contributed by atoms with Gasteiger partial charge in [-0.1, -0.05) is 17.7 Å². The van der Waals surface area contributed by atoms with E-state index in [0.29, 0.717) is 16.5 Å². The molecule has 1 aromatic heterocycles. The lowest BCUT2D eigenvalue weighted by Crippen LogP contribution is -2.25. The summed E-state index contributed by atoms with van der Waals surface area (Å²) >= 11 is 6.04. The minimum atomic E-state index is -3.23. The van der Waals surface area contributed by atoms with Gasteiger partial charge in [-0.15, -0.1) is 0 Å². The van der Waals surface area contributed by atoms with Crippen LogP contribution in [0.3, 0.4) is 0 Å². The summed E-state index contributed by atoms with van der Waals surface area (Å²) in [7, 11) is -1.30. The molecule has 1 aromatic carbocycles. The molecule has 0 bridgehead atoms. The first kappa shape index (κ1) is 15.5. The molecule has 22 heavy (non-hydrogen) atoms. The van der Waals surface area contributed by atoms with Gasteiger partial charge in [0.25, 0.3) is 0 Å². The van der Waals surface area contributed by atoms with E-state index in [9.17, 15) is 8.42 Å². The SMILES string of the molecule is Cc1cncc(CN(C)C2CS(=O)(=O)c3ccc(Cl)cc32)c1. The fraction of sp³-hybridized carbons (Fsp3) is 0.312. The van der Waals surface area contributed by atoms with Crippen LogP contribution in [-0.2, 0) is 16.4 Å². The van der Waals surface area contributed by atoms with Crippen molar-refractivity contribution in [1.29, 1.82) is 0 Å². The van der Waals surface area contributed by atoms with Crippen molar-refractivity contribution in [3.63, 3.8) is 0 Å². The fourth-order valence-electron chi connectivity index (χ4n) is 2.92. The number of sulfone groups is 1. The minimum absolute atomic E-state index is 0.0957. The van der Waals surface area contributed by atoms with E-state index in [0.717, 1.165) is 16.7 Å². The Hall–Kier alpha value is -1.43. The van der Waals surface area contributed by atoms with Gasteiger partial charge in [-0.2, -0.15) is 0 Å². The molecule has 0 aliphatic carbocycles. The summed E-state index contributed by atoms with van der Waals surface area (Å²) in [6.07, 6.45) is 3.62. The highest BCUT2D eigenvalue weighted by Crippen LogP contribution is 2.38. The van der Waals surface area contributed by atoms with Gasteiger partial charge in [0.1, 0.15) is 0 Å². The zero-order valence-electron chi connectivity index (χ0n) is 12.5. The number of aryl methyl sites for hydroxylation is 1. The Bertz CT molecular complexity index is 821. The first-order valence-electron chi connectivity index (χ1n) is 7.00. The van der Waals surface area contributed by atoms with Gasteiger partial charge in [0.2, 0.25) is 0 Å². The van der Waals surface area contributed by atoms with E-state index >= 15 is 0 Å². The van der Waals surface area contributed by atoms with Crippen LogP contribution in [-0.4, -0.2) is 31.1 Å². The van der Waals surface area contributed by atoms with Gasteiger partial charge in [0.15, 0.2) is 9.84 Å². The van der Waals surface area contributed by atoms with Crippen molar-refractivity contribution in [2.45, 2.75) is 24.4 Å². The normalized spacial score (nSPS) is 19.4. The molecule has 0 spiro atoms. The average Bonchev–Trinajstić information content (AvgIpc) is 2.70. The molecule has 3 rings (SSSR count). The van der Waals surface area contributed by atoms with Crippen molar-refractivity contribution in [2.24, 2.45) is 0 Å². The zero-order valence-corrected chi connectivity index (χ0v) is 14.0. The van der Waals surface area contributed by atoms with Crippen molar-refractivity contribution in [3.05, 3.63) is 58.4 Å². The zero-order chi connectivity index (χ0) is 15.9. The highest BCUT2D eigenvalue weighted by molar-refractivity contribution is 7.91. The Balaban J connectivity index is 1.92. The van der Waals surface area contributed by atoms with Crippen LogP contribution in [0.2, 0.25) is 5.02 Å². The van der Waals surface area contributed by atoms with Crippen LogP contribution in [0.1, 0.15) is 22.7 Å². The predicted molar refractivity (Wildman–Crippen MR) is 86.7 cm³/mol. The third-order valence-corrected chi connectivity index (χ3v) is 5.97. The monoisotopic (exact) mass is 336 g/mol. The van der Waals surface area contributed by atoms with Crippen molar-refractivity contribution in [2.75, 3.05) is 12.8 Å². The summed E-state index contributed by atoms with van der Waals surface area (Å²) in [6.45, 7) is 2.63. The van der Waals surface area contributed by atoms with E-state index in [-0.39, 0.29) is 11.8 Å². The third-order valence-electron chi connectivity index (χ3n) is 3.94. The molecule has 0 radical (unpaired) electrons. The topological polar surface area (TPSA) is 50.3 Å². The highest BCUT2D eigenvalue weighted by atomic mass is 35.5. The van der Waals surface area contributed by atoms with Gasteiger partial charge in [0.05, 0.1) is 16.7 Å². The van der Waals surface area contributed by atoms with E-state index in [1.165, 1.54) is 0 Å². The second kappa shape index (κ2) is 5.65. The number of fused-ring (bicyclic) bond motifs is 1. The van der Waals surface area contributed by atoms with E-state index in [1.807, 2.05) is 25.1 Å². The summed E-state index contributed by atoms with van der Waals surface area (Å²) in [5, 5.41) is 0.562. The number of pyridine rings is 1.